The summed E-state index contributed by atoms with van der Waals surface area (Å²) in [6, 6.07) is 16.2. The van der Waals surface area contributed by atoms with E-state index in [1.807, 2.05) is 71.0 Å². The van der Waals surface area contributed by atoms with Crippen LogP contribution < -0.4 is 10.1 Å². The number of nitrogens with one attached hydrogen (secondary N) is 1. The number of hydrogen-bond acceptors (Lipinski definition) is 7. The molecule has 0 saturated carbocycles. The van der Waals surface area contributed by atoms with E-state index in [1.54, 1.807) is 30.8 Å². The Morgan fingerprint density at radius 3 is 2.17 bits per heavy atom. The Kier molecular flexibility index (Phi) is 13.9. The van der Waals surface area contributed by atoms with Crippen LogP contribution in [0.4, 0.5) is 4.79 Å². The number of hydrogen-bond donors (Lipinski definition) is 2. The van der Waals surface area contributed by atoms with Crippen molar-refractivity contribution in [1.82, 2.24) is 15.1 Å². The monoisotopic (exact) mass is 667 g/mol. The summed E-state index contributed by atoms with van der Waals surface area (Å²) in [5.41, 5.74) is 0.510. The lowest BCUT2D eigenvalue weighted by atomic mass is 9.69. The van der Waals surface area contributed by atoms with E-state index in [9.17, 15) is 19.5 Å². The first kappa shape index (κ1) is 38.8. The molecular formula is C38H57N3O7. The van der Waals surface area contributed by atoms with Crippen LogP contribution in [0.1, 0.15) is 85.3 Å². The maximum Gasteiger partial charge on any atom is 0.410 e. The van der Waals surface area contributed by atoms with E-state index >= 15 is 0 Å². The number of likely N-dealkylation sites (N-methyl/N-ethyl adjacent to an activating group) is 1. The van der Waals surface area contributed by atoms with E-state index in [0.29, 0.717) is 32.7 Å². The third kappa shape index (κ3) is 10.7. The van der Waals surface area contributed by atoms with E-state index in [-0.39, 0.29) is 29.3 Å². The molecule has 0 radical (unpaired) electrons. The number of amides is 3. The SMILES string of the molecule is CCN(CC(C)(C)O)C(=O)C1CC(C)CN(C(=O)OC(C)(C)C)C1.COCCCCC1(CNC=O)c2ccccc2Oc2ccccc21. The minimum Gasteiger partial charge on any atom is -0.457 e. The van der Waals surface area contributed by atoms with Crippen LogP contribution in [0.5, 0.6) is 11.5 Å². The predicted molar refractivity (Wildman–Crippen MR) is 187 cm³/mol. The first-order valence-electron chi connectivity index (χ1n) is 17.2. The number of para-hydroxylation sites is 2. The molecule has 48 heavy (non-hydrogen) atoms. The lowest BCUT2D eigenvalue weighted by Crippen LogP contribution is -2.52. The lowest BCUT2D eigenvalue weighted by Gasteiger charge is -2.40. The summed E-state index contributed by atoms with van der Waals surface area (Å²) in [4.78, 5) is 39.5. The van der Waals surface area contributed by atoms with Gasteiger partial charge in [-0.2, -0.15) is 0 Å². The molecule has 4 rings (SSSR count). The second-order valence-corrected chi connectivity index (χ2v) is 14.7. The number of ether oxygens (including phenoxy) is 3. The van der Waals surface area contributed by atoms with Crippen molar-refractivity contribution in [3.05, 3.63) is 59.7 Å². The Morgan fingerprint density at radius 1 is 1.04 bits per heavy atom. The Balaban J connectivity index is 0.000000260. The largest absolute Gasteiger partial charge is 0.457 e. The number of rotatable bonds is 12. The van der Waals surface area contributed by atoms with Crippen LogP contribution in [0.3, 0.4) is 0 Å². The van der Waals surface area contributed by atoms with Gasteiger partial charge in [0.1, 0.15) is 17.1 Å². The molecule has 1 saturated heterocycles. The number of nitrogens with zero attached hydrogens (tertiary/aromatic N) is 2. The normalized spacial score (nSPS) is 18.2. The third-order valence-electron chi connectivity index (χ3n) is 8.65. The highest BCUT2D eigenvalue weighted by Crippen LogP contribution is 2.50. The number of methoxy groups -OCH3 is 1. The zero-order chi connectivity index (χ0) is 35.5. The van der Waals surface area contributed by atoms with Gasteiger partial charge in [-0.3, -0.25) is 9.59 Å². The Morgan fingerprint density at radius 2 is 1.65 bits per heavy atom. The van der Waals surface area contributed by atoms with E-state index in [2.05, 4.69) is 17.4 Å². The van der Waals surface area contributed by atoms with E-state index in [4.69, 9.17) is 14.2 Å². The van der Waals surface area contributed by atoms with Gasteiger partial charge in [0.15, 0.2) is 0 Å². The number of likely N-dealkylation sites (tertiary alicyclic amines) is 1. The van der Waals surface area contributed by atoms with Crippen LogP contribution in [-0.4, -0.2) is 91.0 Å². The molecule has 1 fully saturated rings. The van der Waals surface area contributed by atoms with Gasteiger partial charge in [-0.05, 0) is 85.3 Å². The molecule has 0 aliphatic carbocycles. The fourth-order valence-corrected chi connectivity index (χ4v) is 6.68. The van der Waals surface area contributed by atoms with Crippen molar-refractivity contribution < 1.29 is 33.7 Å². The number of carbonyl (C=O) groups is 3. The van der Waals surface area contributed by atoms with Crippen molar-refractivity contribution in [2.24, 2.45) is 11.8 Å². The van der Waals surface area contributed by atoms with Gasteiger partial charge in [0, 0.05) is 63.0 Å². The molecule has 0 spiro atoms. The van der Waals surface area contributed by atoms with Crippen molar-refractivity contribution in [3.63, 3.8) is 0 Å². The maximum absolute atomic E-state index is 12.8. The van der Waals surface area contributed by atoms with E-state index in [0.717, 1.165) is 61.3 Å². The molecule has 2 aromatic carbocycles. The van der Waals surface area contributed by atoms with Crippen LogP contribution in [0.2, 0.25) is 0 Å². The molecule has 10 nitrogen and oxygen atoms in total. The lowest BCUT2D eigenvalue weighted by molar-refractivity contribution is -0.140. The summed E-state index contributed by atoms with van der Waals surface area (Å²) < 4.78 is 16.7. The molecule has 0 aromatic heterocycles. The zero-order valence-electron chi connectivity index (χ0n) is 30.2. The minimum atomic E-state index is -0.934. The number of piperidine rings is 1. The molecule has 2 heterocycles. The quantitative estimate of drug-likeness (QED) is 0.206. The molecule has 2 N–H and O–H groups in total. The second-order valence-electron chi connectivity index (χ2n) is 14.7. The van der Waals surface area contributed by atoms with Crippen LogP contribution in [0.25, 0.3) is 0 Å². The number of aliphatic hydroxyl groups is 1. The maximum atomic E-state index is 12.8. The van der Waals surface area contributed by atoms with Gasteiger partial charge in [-0.25, -0.2) is 4.79 Å². The van der Waals surface area contributed by atoms with Crippen LogP contribution in [0, 0.1) is 11.8 Å². The molecule has 3 amide bonds. The summed E-state index contributed by atoms with van der Waals surface area (Å²) in [6.07, 6.45) is 4.09. The third-order valence-corrected chi connectivity index (χ3v) is 8.65. The fourth-order valence-electron chi connectivity index (χ4n) is 6.68. The summed E-state index contributed by atoms with van der Waals surface area (Å²) >= 11 is 0. The minimum absolute atomic E-state index is 0.000247. The Labute approximate surface area is 287 Å². The van der Waals surface area contributed by atoms with Gasteiger partial charge >= 0.3 is 6.09 Å². The molecule has 10 heteroatoms. The molecule has 2 aliphatic heterocycles. The highest BCUT2D eigenvalue weighted by Gasteiger charge is 2.41. The molecular weight excluding hydrogens is 610 g/mol. The molecule has 266 valence electrons. The highest BCUT2D eigenvalue weighted by atomic mass is 16.6. The molecule has 2 aliphatic rings. The summed E-state index contributed by atoms with van der Waals surface area (Å²) in [7, 11) is 1.72. The van der Waals surface area contributed by atoms with Gasteiger partial charge in [-0.15, -0.1) is 0 Å². The smallest absolute Gasteiger partial charge is 0.410 e. The van der Waals surface area contributed by atoms with Crippen LogP contribution in [-0.2, 0) is 24.5 Å². The average Bonchev–Trinajstić information content (AvgIpc) is 3.03. The predicted octanol–water partition coefficient (Wildman–Crippen LogP) is 6.14. The van der Waals surface area contributed by atoms with Crippen LogP contribution >= 0.6 is 0 Å². The van der Waals surface area contributed by atoms with Gasteiger partial charge in [0.25, 0.3) is 0 Å². The summed E-state index contributed by atoms with van der Waals surface area (Å²) in [5, 5.41) is 12.9. The first-order chi connectivity index (χ1) is 22.6. The fraction of sp³-hybridized carbons (Fsp3) is 0.605. The molecule has 2 aromatic rings. The van der Waals surface area contributed by atoms with Crippen molar-refractivity contribution >= 4 is 18.4 Å². The first-order valence-corrected chi connectivity index (χ1v) is 17.2. The second kappa shape index (κ2) is 17.2. The standard InChI is InChI=1S/C20H23NO3.C18H34N2O4/c1-23-13-7-6-12-20(14-21-15-22)16-8-2-4-10-18(16)24-19-11-5-3-9-17(19)20;1-8-19(12-18(6,7)23)15(21)14-9-13(2)10-20(11-14)16(22)24-17(3,4)5/h2-5,8-11,15H,6-7,12-14H2,1H3,(H,21,22);13-14,23H,8-12H2,1-7H3. The molecule has 2 atom stereocenters. The van der Waals surface area contributed by atoms with Crippen molar-refractivity contribution in [2.75, 3.05) is 46.4 Å². The van der Waals surface area contributed by atoms with Gasteiger partial charge in [-0.1, -0.05) is 43.3 Å². The van der Waals surface area contributed by atoms with Crippen LogP contribution in [0.15, 0.2) is 48.5 Å². The topological polar surface area (TPSA) is 118 Å². The average molecular weight is 668 g/mol. The van der Waals surface area contributed by atoms with Crippen molar-refractivity contribution in [1.29, 1.82) is 0 Å². The van der Waals surface area contributed by atoms with E-state index in [1.165, 1.54) is 0 Å². The van der Waals surface area contributed by atoms with E-state index < -0.39 is 11.2 Å². The number of carbonyl (C=O) groups excluding carboxylic acids is 3. The van der Waals surface area contributed by atoms with Gasteiger partial charge in [0.05, 0.1) is 11.5 Å². The van der Waals surface area contributed by atoms with Crippen molar-refractivity contribution in [2.45, 2.75) is 90.8 Å². The number of benzene rings is 2. The molecule has 2 unspecified atom stereocenters. The molecule has 0 bridgehead atoms. The number of unbranched alkanes of at least 4 members (excludes halogenated alkanes) is 1. The van der Waals surface area contributed by atoms with Gasteiger partial charge < -0.3 is 34.4 Å². The van der Waals surface area contributed by atoms with Crippen molar-refractivity contribution in [3.8, 4) is 11.5 Å². The van der Waals surface area contributed by atoms with Gasteiger partial charge in [0.2, 0.25) is 12.3 Å². The Bertz CT molecular complexity index is 1300. The highest BCUT2D eigenvalue weighted by molar-refractivity contribution is 5.80. The zero-order valence-corrected chi connectivity index (χ0v) is 30.2. The Hall–Kier alpha value is -3.63. The number of fused-ring (bicyclic) bond motifs is 2. The summed E-state index contributed by atoms with van der Waals surface area (Å²) in [5.74, 6) is 1.73. The summed E-state index contributed by atoms with van der Waals surface area (Å²) in [6.45, 7) is 16.0.